The average Bonchev–Trinajstić information content (AvgIpc) is 2.96. The van der Waals surface area contributed by atoms with Gasteiger partial charge < -0.3 is 29.6 Å². The normalized spacial score (nSPS) is 16.0. The number of nitrogens with zero attached hydrogens (tertiary/aromatic N) is 2. The van der Waals surface area contributed by atoms with Gasteiger partial charge in [-0.3, -0.25) is 0 Å². The summed E-state index contributed by atoms with van der Waals surface area (Å²) in [7, 11) is 2.49. The van der Waals surface area contributed by atoms with E-state index in [-0.39, 0.29) is 47.1 Å². The average molecular weight is 588 g/mol. The molecule has 2 aromatic rings. The van der Waals surface area contributed by atoms with Crippen LogP contribution in [0.25, 0.3) is 0 Å². The monoisotopic (exact) mass is 587 g/mol. The van der Waals surface area contributed by atoms with Crippen molar-refractivity contribution in [2.24, 2.45) is 5.73 Å². The van der Waals surface area contributed by atoms with Crippen molar-refractivity contribution in [1.82, 2.24) is 0 Å². The van der Waals surface area contributed by atoms with Crippen LogP contribution in [0.4, 0.5) is 18.9 Å². The lowest BCUT2D eigenvalue weighted by molar-refractivity contribution is -0.162. The molecule has 0 saturated carbocycles. The number of halogens is 3. The number of benzene rings is 2. The summed E-state index contributed by atoms with van der Waals surface area (Å²) >= 11 is 0. The number of alkyl halides is 3. The van der Waals surface area contributed by atoms with Gasteiger partial charge in [0.05, 0.1) is 48.0 Å². The number of anilines is 1. The van der Waals surface area contributed by atoms with Crippen molar-refractivity contribution in [1.29, 1.82) is 5.26 Å². The first-order valence-electron chi connectivity index (χ1n) is 12.5. The van der Waals surface area contributed by atoms with Gasteiger partial charge in [0, 0.05) is 18.5 Å². The zero-order valence-electron chi connectivity index (χ0n) is 23.2. The number of rotatable bonds is 9. The summed E-state index contributed by atoms with van der Waals surface area (Å²) in [5, 5.41) is 9.26. The minimum absolute atomic E-state index is 0.0247. The third kappa shape index (κ3) is 6.72. The van der Waals surface area contributed by atoms with Gasteiger partial charge in [-0.05, 0) is 49.7 Å². The summed E-state index contributed by atoms with van der Waals surface area (Å²) in [6.45, 7) is 2.51. The number of nitrogens with two attached hydrogens (primary N) is 1. The second-order valence-electron chi connectivity index (χ2n) is 9.05. The Balaban J connectivity index is 2.32. The molecule has 42 heavy (non-hydrogen) atoms. The first-order chi connectivity index (χ1) is 19.8. The van der Waals surface area contributed by atoms with E-state index in [4.69, 9.17) is 19.9 Å². The summed E-state index contributed by atoms with van der Waals surface area (Å²) in [4.78, 5) is 40.4. The molecule has 13 heteroatoms. The summed E-state index contributed by atoms with van der Waals surface area (Å²) in [5.74, 6) is -4.47. The predicted molar refractivity (Wildman–Crippen MR) is 142 cm³/mol. The molecule has 0 saturated heterocycles. The molecule has 0 radical (unpaired) electrons. The molecule has 10 nitrogen and oxygen atoms in total. The van der Waals surface area contributed by atoms with E-state index in [2.05, 4.69) is 4.74 Å². The molecule has 0 fully saturated rings. The molecule has 0 spiro atoms. The van der Waals surface area contributed by atoms with E-state index < -0.39 is 41.7 Å². The number of nitriles is 1. The molecular weight excluding hydrogens is 559 g/mol. The van der Waals surface area contributed by atoms with Crippen LogP contribution < -0.4 is 10.6 Å². The maximum absolute atomic E-state index is 13.7. The number of ether oxygens (including phenoxy) is 4. The summed E-state index contributed by atoms with van der Waals surface area (Å²) in [5.41, 5.74) is 5.54. The van der Waals surface area contributed by atoms with Gasteiger partial charge in [0.25, 0.3) is 0 Å². The Kier molecular flexibility index (Phi) is 9.98. The SMILES string of the molecule is COCCOC(=O)C1=C(N)N(c2cccc(C(F)(F)F)c2)C(C)=C(C(=O)O[C@@H](C)C(=O)OC)C1c1ccc(C#N)cc1. The van der Waals surface area contributed by atoms with Crippen LogP contribution in [0.1, 0.15) is 36.5 Å². The molecule has 222 valence electrons. The van der Waals surface area contributed by atoms with Crippen LogP contribution in [0.3, 0.4) is 0 Å². The summed E-state index contributed by atoms with van der Waals surface area (Å²) in [6, 6.07) is 12.0. The standard InChI is InChI=1S/C29H28F3N3O7/c1-16-22(28(38)42-17(2)26(36)40-4)23(19-10-8-18(15-33)9-11-19)24(27(37)41-13-12-39-3)25(34)35(16)21-7-5-6-20(14-21)29(30,31)32/h5-11,14,17,23H,12-13,34H2,1-4H3/t17-,23?/m0/s1. The smallest absolute Gasteiger partial charge is 0.416 e. The molecule has 2 aromatic carbocycles. The molecule has 0 amide bonds. The minimum Gasteiger partial charge on any atom is -0.466 e. The van der Waals surface area contributed by atoms with E-state index in [1.54, 1.807) is 0 Å². The Labute approximate surface area is 239 Å². The first kappa shape index (κ1) is 31.7. The lowest BCUT2D eigenvalue weighted by Crippen LogP contribution is -2.40. The lowest BCUT2D eigenvalue weighted by atomic mass is 9.80. The topological polar surface area (TPSA) is 141 Å². The van der Waals surface area contributed by atoms with Crippen molar-refractivity contribution >= 4 is 23.6 Å². The molecule has 1 aliphatic rings. The highest BCUT2D eigenvalue weighted by molar-refractivity contribution is 6.02. The number of carbonyl (C=O) groups is 3. The van der Waals surface area contributed by atoms with Crippen molar-refractivity contribution in [3.05, 3.63) is 87.9 Å². The maximum atomic E-state index is 13.7. The van der Waals surface area contributed by atoms with Crippen molar-refractivity contribution < 1.29 is 46.5 Å². The second kappa shape index (κ2) is 13.2. The van der Waals surface area contributed by atoms with Crippen molar-refractivity contribution in [2.75, 3.05) is 32.3 Å². The van der Waals surface area contributed by atoms with Gasteiger partial charge in [-0.25, -0.2) is 14.4 Å². The second-order valence-corrected chi connectivity index (χ2v) is 9.05. The molecule has 0 aromatic heterocycles. The number of carbonyl (C=O) groups excluding carboxylic acids is 3. The number of methoxy groups -OCH3 is 2. The van der Waals surface area contributed by atoms with Crippen molar-refractivity contribution in [3.63, 3.8) is 0 Å². The molecular formula is C29H28F3N3O7. The van der Waals surface area contributed by atoms with Gasteiger partial charge in [0.2, 0.25) is 0 Å². The third-order valence-electron chi connectivity index (χ3n) is 6.40. The van der Waals surface area contributed by atoms with Crippen LogP contribution in [0.15, 0.2) is 71.2 Å². The van der Waals surface area contributed by atoms with E-state index in [9.17, 15) is 32.8 Å². The van der Waals surface area contributed by atoms with Gasteiger partial charge in [-0.1, -0.05) is 18.2 Å². The van der Waals surface area contributed by atoms with Gasteiger partial charge in [0.1, 0.15) is 12.4 Å². The highest BCUT2D eigenvalue weighted by atomic mass is 19.4. The molecule has 0 aliphatic carbocycles. The number of allylic oxidation sites excluding steroid dienone is 1. The Morgan fingerprint density at radius 3 is 2.29 bits per heavy atom. The highest BCUT2D eigenvalue weighted by Crippen LogP contribution is 2.44. The number of esters is 3. The summed E-state index contributed by atoms with van der Waals surface area (Å²) < 4.78 is 61.1. The zero-order valence-corrected chi connectivity index (χ0v) is 23.2. The number of hydrogen-bond acceptors (Lipinski definition) is 10. The van der Waals surface area contributed by atoms with Crippen LogP contribution in [0.5, 0.6) is 0 Å². The molecule has 1 heterocycles. The van der Waals surface area contributed by atoms with Crippen LogP contribution in [0.2, 0.25) is 0 Å². The lowest BCUT2D eigenvalue weighted by Gasteiger charge is -2.37. The molecule has 2 atom stereocenters. The summed E-state index contributed by atoms with van der Waals surface area (Å²) in [6.07, 6.45) is -6.07. The zero-order chi connectivity index (χ0) is 31.2. The fourth-order valence-corrected chi connectivity index (χ4v) is 4.38. The predicted octanol–water partition coefficient (Wildman–Crippen LogP) is 3.92. The van der Waals surface area contributed by atoms with Crippen LogP contribution in [-0.4, -0.2) is 51.4 Å². The largest absolute Gasteiger partial charge is 0.466 e. The molecule has 2 N–H and O–H groups in total. The van der Waals surface area contributed by atoms with E-state index in [1.807, 2.05) is 6.07 Å². The maximum Gasteiger partial charge on any atom is 0.416 e. The Morgan fingerprint density at radius 2 is 1.71 bits per heavy atom. The van der Waals surface area contributed by atoms with E-state index in [0.29, 0.717) is 5.56 Å². The van der Waals surface area contributed by atoms with Crippen molar-refractivity contribution in [2.45, 2.75) is 32.0 Å². The Hall–Kier alpha value is -4.83. The van der Waals surface area contributed by atoms with Crippen LogP contribution in [0, 0.1) is 11.3 Å². The number of hydrogen-bond donors (Lipinski definition) is 1. The van der Waals surface area contributed by atoms with Crippen LogP contribution in [-0.2, 0) is 39.5 Å². The third-order valence-corrected chi connectivity index (χ3v) is 6.40. The van der Waals surface area contributed by atoms with E-state index >= 15 is 0 Å². The van der Waals surface area contributed by atoms with Gasteiger partial charge in [0.15, 0.2) is 6.10 Å². The van der Waals surface area contributed by atoms with Gasteiger partial charge in [-0.2, -0.15) is 18.4 Å². The Morgan fingerprint density at radius 1 is 1.05 bits per heavy atom. The van der Waals surface area contributed by atoms with Crippen molar-refractivity contribution in [3.8, 4) is 6.07 Å². The van der Waals surface area contributed by atoms with E-state index in [0.717, 1.165) is 30.2 Å². The quantitative estimate of drug-likeness (QED) is 0.261. The van der Waals surface area contributed by atoms with E-state index in [1.165, 1.54) is 51.3 Å². The molecule has 0 bridgehead atoms. The molecule has 1 unspecified atom stereocenters. The molecule has 1 aliphatic heterocycles. The Bertz CT molecular complexity index is 1460. The van der Waals surface area contributed by atoms with Gasteiger partial charge in [-0.15, -0.1) is 0 Å². The highest BCUT2D eigenvalue weighted by Gasteiger charge is 2.43. The fourth-order valence-electron chi connectivity index (χ4n) is 4.38. The minimum atomic E-state index is -4.70. The first-order valence-corrected chi connectivity index (χ1v) is 12.5. The molecule has 3 rings (SSSR count). The fraction of sp³-hybridized carbons (Fsp3) is 0.310. The van der Waals surface area contributed by atoms with Crippen LogP contribution >= 0.6 is 0 Å². The van der Waals surface area contributed by atoms with Gasteiger partial charge >= 0.3 is 24.1 Å².